The quantitative estimate of drug-likeness (QED) is 0.154. The highest BCUT2D eigenvalue weighted by molar-refractivity contribution is 8.08. The number of nitrogens with one attached hydrogen (secondary N) is 2. The normalized spacial score (nSPS) is 24.1. The highest BCUT2D eigenvalue weighted by Crippen LogP contribution is 2.43. The number of amides is 2. The molecule has 1 unspecified atom stereocenters. The Morgan fingerprint density at radius 3 is 2.91 bits per heavy atom. The number of aliphatic imine (C=N–C) groups is 1. The van der Waals surface area contributed by atoms with Crippen molar-refractivity contribution in [2.75, 3.05) is 24.6 Å². The van der Waals surface area contributed by atoms with Gasteiger partial charge in [0, 0.05) is 22.6 Å². The zero-order chi connectivity index (χ0) is 22.8. The molecule has 4 rings (SSSR count). The van der Waals surface area contributed by atoms with Crippen LogP contribution in [0.25, 0.3) is 0 Å². The Bertz CT molecular complexity index is 1100. The van der Waals surface area contributed by atoms with Crippen LogP contribution in [0.3, 0.4) is 0 Å². The van der Waals surface area contributed by atoms with Crippen molar-refractivity contribution in [1.29, 1.82) is 0 Å². The summed E-state index contributed by atoms with van der Waals surface area (Å²) in [5.74, 6) is -2.23. The molecule has 1 aromatic heterocycles. The lowest BCUT2D eigenvalue weighted by atomic mass is 10.0. The summed E-state index contributed by atoms with van der Waals surface area (Å²) < 4.78 is 0. The van der Waals surface area contributed by atoms with E-state index in [0.29, 0.717) is 23.7 Å². The van der Waals surface area contributed by atoms with Crippen molar-refractivity contribution < 1.29 is 24.7 Å². The summed E-state index contributed by atoms with van der Waals surface area (Å²) in [6, 6.07) is -0.962. The van der Waals surface area contributed by atoms with Gasteiger partial charge in [0.15, 0.2) is 10.8 Å². The summed E-state index contributed by atoms with van der Waals surface area (Å²) in [5.41, 5.74) is 6.14. The van der Waals surface area contributed by atoms with Gasteiger partial charge in [0.1, 0.15) is 22.8 Å². The van der Waals surface area contributed by atoms with E-state index >= 15 is 0 Å². The molecule has 3 aliphatic rings. The Labute approximate surface area is 193 Å². The second-order valence-electron chi connectivity index (χ2n) is 6.70. The van der Waals surface area contributed by atoms with Crippen molar-refractivity contribution in [3.05, 3.63) is 32.7 Å². The molecular formula is C17H17N7O5S3. The predicted molar refractivity (Wildman–Crippen MR) is 122 cm³/mol. The molecule has 3 aliphatic heterocycles. The van der Waals surface area contributed by atoms with Gasteiger partial charge in [-0.3, -0.25) is 19.5 Å². The van der Waals surface area contributed by atoms with Gasteiger partial charge < -0.3 is 26.7 Å². The first-order valence-electron chi connectivity index (χ1n) is 9.12. The van der Waals surface area contributed by atoms with Crippen LogP contribution in [0, 0.1) is 0 Å². The SMILES string of the molecule is Nc1nc(/C(=N/O)C(=O)NC2C(=O)N3C(C(=O)O)=C(SC=C4CN=CNC4)CS[C@H]23)cs1. The van der Waals surface area contributed by atoms with Gasteiger partial charge >= 0.3 is 5.97 Å². The monoisotopic (exact) mass is 495 g/mol. The van der Waals surface area contributed by atoms with E-state index in [9.17, 15) is 24.7 Å². The number of oxime groups is 1. The number of hydrogen-bond donors (Lipinski definition) is 5. The van der Waals surface area contributed by atoms with Gasteiger partial charge in [0.2, 0.25) is 0 Å². The second kappa shape index (κ2) is 9.22. The van der Waals surface area contributed by atoms with Gasteiger partial charge in [0.25, 0.3) is 11.8 Å². The van der Waals surface area contributed by atoms with E-state index < -0.39 is 29.2 Å². The Balaban J connectivity index is 1.48. The first-order chi connectivity index (χ1) is 15.4. The van der Waals surface area contributed by atoms with E-state index in [4.69, 9.17) is 5.73 Å². The smallest absolute Gasteiger partial charge is 0.353 e. The molecule has 4 heterocycles. The number of carboxylic acid groups (broad SMARTS) is 1. The van der Waals surface area contributed by atoms with E-state index in [1.54, 1.807) is 6.34 Å². The molecule has 1 aromatic rings. The molecule has 12 nitrogen and oxygen atoms in total. The van der Waals surface area contributed by atoms with E-state index in [1.807, 2.05) is 5.41 Å². The van der Waals surface area contributed by atoms with Crippen LogP contribution in [-0.4, -0.2) is 80.3 Å². The molecule has 2 atom stereocenters. The zero-order valence-electron chi connectivity index (χ0n) is 16.2. The van der Waals surface area contributed by atoms with Crippen LogP contribution in [0.4, 0.5) is 5.13 Å². The number of carbonyl (C=O) groups is 3. The van der Waals surface area contributed by atoms with Gasteiger partial charge in [-0.25, -0.2) is 9.78 Å². The van der Waals surface area contributed by atoms with Crippen LogP contribution in [0.15, 0.2) is 37.1 Å². The van der Waals surface area contributed by atoms with Crippen molar-refractivity contribution in [2.24, 2.45) is 10.1 Å². The average molecular weight is 496 g/mol. The summed E-state index contributed by atoms with van der Waals surface area (Å²) >= 11 is 3.66. The fourth-order valence-corrected chi connectivity index (χ4v) is 6.18. The van der Waals surface area contributed by atoms with Crippen molar-refractivity contribution in [1.82, 2.24) is 20.5 Å². The third-order valence-corrected chi connectivity index (χ3v) is 7.89. The fourth-order valence-electron chi connectivity index (χ4n) is 3.19. The second-order valence-corrected chi connectivity index (χ2v) is 9.66. The van der Waals surface area contributed by atoms with Crippen LogP contribution in [0.1, 0.15) is 5.69 Å². The molecule has 2 amide bonds. The Morgan fingerprint density at radius 1 is 1.47 bits per heavy atom. The molecule has 32 heavy (non-hydrogen) atoms. The molecule has 0 aliphatic carbocycles. The number of nitrogens with zero attached hydrogens (tertiary/aromatic N) is 4. The van der Waals surface area contributed by atoms with Crippen molar-refractivity contribution in [3.63, 3.8) is 0 Å². The molecule has 168 valence electrons. The number of anilines is 1. The number of thioether (sulfide) groups is 2. The standard InChI is InChI=1S/C17H17N7O5S3/c18-17-21-8(4-32-17)10(23-29)13(25)22-11-14(26)24-12(16(27)28)9(5-31-15(11)24)30-3-7-1-19-6-20-2-7/h3-4,6,11,15,29H,1-2,5H2,(H2,18,21)(H,19,20)(H,22,25)(H,27,28)/b23-10-/t11?,15-/m1/s1. The van der Waals surface area contributed by atoms with E-state index in [2.05, 4.69) is 25.8 Å². The van der Waals surface area contributed by atoms with E-state index in [0.717, 1.165) is 16.9 Å². The molecule has 0 saturated carbocycles. The zero-order valence-corrected chi connectivity index (χ0v) is 18.7. The van der Waals surface area contributed by atoms with Crippen LogP contribution < -0.4 is 16.4 Å². The third-order valence-electron chi connectivity index (χ3n) is 4.68. The minimum absolute atomic E-state index is 0.0757. The number of hydrogen-bond acceptors (Lipinski definition) is 12. The van der Waals surface area contributed by atoms with Gasteiger partial charge in [0.05, 0.1) is 12.9 Å². The lowest BCUT2D eigenvalue weighted by Crippen LogP contribution is -2.71. The average Bonchev–Trinajstić information content (AvgIpc) is 3.22. The number of carbonyl (C=O) groups excluding carboxylic acids is 2. The molecular weight excluding hydrogens is 478 g/mol. The highest BCUT2D eigenvalue weighted by Gasteiger charge is 2.54. The largest absolute Gasteiger partial charge is 0.477 e. The first-order valence-corrected chi connectivity index (χ1v) is 11.9. The Hall–Kier alpha value is -3.04. The molecule has 0 radical (unpaired) electrons. The molecule has 1 fully saturated rings. The van der Waals surface area contributed by atoms with Gasteiger partial charge in [-0.2, -0.15) is 0 Å². The van der Waals surface area contributed by atoms with Crippen LogP contribution in [0.5, 0.6) is 0 Å². The van der Waals surface area contributed by atoms with E-state index in [1.165, 1.54) is 33.8 Å². The number of rotatable bonds is 6. The fraction of sp³-hybridized carbons (Fsp3) is 0.294. The van der Waals surface area contributed by atoms with Gasteiger partial charge in [-0.1, -0.05) is 16.9 Å². The Kier molecular flexibility index (Phi) is 6.38. The summed E-state index contributed by atoms with van der Waals surface area (Å²) in [5, 5.41) is 30.3. The van der Waals surface area contributed by atoms with Gasteiger partial charge in [-0.05, 0) is 11.0 Å². The maximum atomic E-state index is 12.8. The number of thiazole rings is 1. The van der Waals surface area contributed by atoms with Gasteiger partial charge in [-0.15, -0.1) is 23.1 Å². The minimum atomic E-state index is -1.22. The topological polar surface area (TPSA) is 183 Å². The number of aliphatic carboxylic acids is 1. The number of nitrogens with two attached hydrogens (primary N) is 1. The summed E-state index contributed by atoms with van der Waals surface area (Å²) in [4.78, 5) is 47.0. The molecule has 15 heteroatoms. The number of nitrogen functional groups attached to an aromatic ring is 1. The molecule has 1 saturated heterocycles. The van der Waals surface area contributed by atoms with Crippen molar-refractivity contribution in [3.8, 4) is 0 Å². The molecule has 0 bridgehead atoms. The van der Waals surface area contributed by atoms with Crippen LogP contribution in [-0.2, 0) is 14.4 Å². The Morgan fingerprint density at radius 2 is 2.28 bits per heavy atom. The molecule has 6 N–H and O–H groups in total. The van der Waals surface area contributed by atoms with Crippen LogP contribution in [0.2, 0.25) is 0 Å². The lowest BCUT2D eigenvalue weighted by molar-refractivity contribution is -0.150. The summed E-state index contributed by atoms with van der Waals surface area (Å²) in [7, 11) is 0. The predicted octanol–water partition coefficient (Wildman–Crippen LogP) is -0.152. The maximum Gasteiger partial charge on any atom is 0.353 e. The summed E-state index contributed by atoms with van der Waals surface area (Å²) in [6.45, 7) is 1.15. The maximum absolute atomic E-state index is 12.8. The number of fused-ring (bicyclic) bond motifs is 1. The van der Waals surface area contributed by atoms with Crippen LogP contribution >= 0.6 is 34.9 Å². The first kappa shape index (κ1) is 22.2. The number of β-lactam (4-membered cyclic amide) rings is 1. The highest BCUT2D eigenvalue weighted by atomic mass is 32.2. The number of aromatic nitrogens is 1. The number of carboxylic acids is 1. The third kappa shape index (κ3) is 4.18. The lowest BCUT2D eigenvalue weighted by Gasteiger charge is -2.49. The summed E-state index contributed by atoms with van der Waals surface area (Å²) in [6.07, 6.45) is 1.62. The molecule has 0 spiro atoms. The van der Waals surface area contributed by atoms with Crippen molar-refractivity contribution in [2.45, 2.75) is 11.4 Å². The minimum Gasteiger partial charge on any atom is -0.477 e. The van der Waals surface area contributed by atoms with E-state index in [-0.39, 0.29) is 22.2 Å². The van der Waals surface area contributed by atoms with Crippen molar-refractivity contribution >= 4 is 69.8 Å². The molecule has 0 aromatic carbocycles.